The van der Waals surface area contributed by atoms with Gasteiger partial charge in [0.15, 0.2) is 14.3 Å². The van der Waals surface area contributed by atoms with Crippen molar-refractivity contribution in [2.75, 3.05) is 26.3 Å². The van der Waals surface area contributed by atoms with Crippen LogP contribution < -0.4 is 10.1 Å². The highest BCUT2D eigenvalue weighted by Crippen LogP contribution is 2.44. The Morgan fingerprint density at radius 1 is 0.529 bits per heavy atom. The van der Waals surface area contributed by atoms with Gasteiger partial charge in [0.05, 0.1) is 18.7 Å². The zero-order valence-corrected chi connectivity index (χ0v) is 45.9. The number of hydrogen-bond acceptors (Lipinski definition) is 8. The topological polar surface area (TPSA) is 107 Å². The van der Waals surface area contributed by atoms with Crippen LogP contribution in [0.15, 0.2) is 53.5 Å². The number of fused-ring (bicyclic) bond motifs is 9. The lowest BCUT2D eigenvalue weighted by atomic mass is 9.79. The molecule has 0 spiro atoms. The van der Waals surface area contributed by atoms with Crippen molar-refractivity contribution in [3.05, 3.63) is 115 Å². The Hall–Kier alpha value is -4.47. The van der Waals surface area contributed by atoms with Crippen molar-refractivity contribution in [3.63, 3.8) is 0 Å². The quantitative estimate of drug-likeness (QED) is 0.126. The number of phenolic OH excluding ortho intramolecular Hbond substituents is 3. The molecule has 1 fully saturated rings. The number of ether oxygens (including phenoxy) is 1. The molecule has 3 aliphatic rings. The van der Waals surface area contributed by atoms with Crippen molar-refractivity contribution in [1.82, 2.24) is 10.2 Å². The van der Waals surface area contributed by atoms with Crippen LogP contribution in [0.3, 0.4) is 0 Å². The van der Waals surface area contributed by atoms with Crippen molar-refractivity contribution in [3.8, 4) is 23.0 Å². The van der Waals surface area contributed by atoms with Gasteiger partial charge in [-0.1, -0.05) is 152 Å². The number of phenols is 3. The molecule has 2 aliphatic heterocycles. The molecule has 370 valence electrons. The number of nitrogens with zero attached hydrogens (tertiary/aromatic N) is 2. The summed E-state index contributed by atoms with van der Waals surface area (Å²) in [5.74, 6) is 2.43. The molecule has 0 aromatic heterocycles. The first-order valence-electron chi connectivity index (χ1n) is 25.4. The summed E-state index contributed by atoms with van der Waals surface area (Å²) in [5, 5.41) is 41.2. The maximum Gasteiger partial charge on any atom is 0.194 e. The molecule has 8 bridgehead atoms. The Morgan fingerprint density at radius 2 is 0.868 bits per heavy atom. The highest BCUT2D eigenvalue weighted by atomic mass is 28.4. The fourth-order valence-electron chi connectivity index (χ4n) is 9.44. The molecule has 2 heterocycles. The second-order valence-electron chi connectivity index (χ2n) is 26.2. The fraction of sp³-hybridized carbons (Fsp3) is 0.576. The Kier molecular flexibility index (Phi) is 13.9. The van der Waals surface area contributed by atoms with Crippen LogP contribution in [-0.4, -0.2) is 72.9 Å². The van der Waals surface area contributed by atoms with E-state index in [1.807, 2.05) is 0 Å². The first kappa shape index (κ1) is 51.4. The van der Waals surface area contributed by atoms with Crippen LogP contribution in [0.1, 0.15) is 183 Å². The van der Waals surface area contributed by atoms with Crippen LogP contribution in [0.25, 0.3) is 0 Å². The van der Waals surface area contributed by atoms with E-state index in [-0.39, 0.29) is 56.0 Å². The molecule has 1 aliphatic carbocycles. The average molecular weight is 944 g/mol. The summed E-state index contributed by atoms with van der Waals surface area (Å²) in [6, 6.07) is 17.5. The van der Waals surface area contributed by atoms with Crippen molar-refractivity contribution in [2.24, 2.45) is 4.99 Å². The molecule has 0 saturated carbocycles. The van der Waals surface area contributed by atoms with E-state index >= 15 is 0 Å². The molecule has 0 unspecified atom stereocenters. The maximum atomic E-state index is 12.5. The van der Waals surface area contributed by atoms with Crippen LogP contribution in [0.5, 0.6) is 23.0 Å². The van der Waals surface area contributed by atoms with E-state index in [2.05, 4.69) is 176 Å². The third kappa shape index (κ3) is 11.3. The summed E-state index contributed by atoms with van der Waals surface area (Å²) >= 11 is 0. The SMILES string of the molecule is CC(C)(C)c1cc2c(O)c(c1)Cc1cc(C(C)(C)C)cc(c1O)Cc1cc(C(C)(C)C)cc(c1OC[C@@H]1CCN3CC[C@@H](CO[Si](C)(C)C(C)(C)C)N=C3N1)Cc1cc(C(C)(C)C)cc(c1O)C2. The Labute approximate surface area is 411 Å². The molecule has 4 aromatic rings. The van der Waals surface area contributed by atoms with Gasteiger partial charge in [-0.25, -0.2) is 4.99 Å². The second kappa shape index (κ2) is 18.4. The number of aromatic hydroxyl groups is 3. The van der Waals surface area contributed by atoms with E-state index in [1.54, 1.807) is 0 Å². The number of aliphatic imine (C=N–C) groups is 1. The van der Waals surface area contributed by atoms with E-state index in [4.69, 9.17) is 14.2 Å². The molecule has 4 aromatic carbocycles. The molecule has 68 heavy (non-hydrogen) atoms. The minimum absolute atomic E-state index is 0.0269. The van der Waals surface area contributed by atoms with E-state index < -0.39 is 8.32 Å². The molecule has 0 radical (unpaired) electrons. The van der Waals surface area contributed by atoms with E-state index in [1.165, 1.54) is 0 Å². The van der Waals surface area contributed by atoms with Gasteiger partial charge in [-0.3, -0.25) is 0 Å². The number of guanidine groups is 1. The minimum atomic E-state index is -1.91. The van der Waals surface area contributed by atoms with Gasteiger partial charge in [-0.15, -0.1) is 0 Å². The number of benzene rings is 4. The van der Waals surface area contributed by atoms with Gasteiger partial charge in [-0.2, -0.15) is 0 Å². The molecule has 9 heteroatoms. The van der Waals surface area contributed by atoms with Gasteiger partial charge in [0.25, 0.3) is 0 Å². The van der Waals surface area contributed by atoms with Gasteiger partial charge in [0.2, 0.25) is 0 Å². The summed E-state index contributed by atoms with van der Waals surface area (Å²) in [5.41, 5.74) is 10.4. The molecular formula is C59H85N3O5Si. The standard InChI is InChI=1S/C59H85N3O5Si/c1-55(2,3)44-26-36-22-38-28-45(56(4,5)6)30-40(51(38)64)24-42-32-47(58(10,11)12)33-43(25-41-31-46(57(7,8)9)29-39(52(41)65)23-37(27-44)50(36)63)53(42)66-34-48-18-20-62-21-19-49(61-54(62)60-48)35-67-68(16,17)59(13,14)15/h26-33,48-49,63-65H,18-25,34-35H2,1-17H3,(H,60,61)/t48-,49-/m0/s1. The highest BCUT2D eigenvalue weighted by Gasteiger charge is 2.39. The van der Waals surface area contributed by atoms with Gasteiger partial charge in [-0.05, 0) is 119 Å². The van der Waals surface area contributed by atoms with Crippen molar-refractivity contribution < 1.29 is 24.5 Å². The first-order valence-corrected chi connectivity index (χ1v) is 28.3. The summed E-state index contributed by atoms with van der Waals surface area (Å²) in [6.07, 6.45) is 3.45. The molecule has 0 amide bonds. The van der Waals surface area contributed by atoms with Crippen LogP contribution in [0, 0.1) is 0 Å². The van der Waals surface area contributed by atoms with E-state index in [0.29, 0.717) is 38.9 Å². The fourth-order valence-corrected chi connectivity index (χ4v) is 10.5. The highest BCUT2D eigenvalue weighted by molar-refractivity contribution is 6.74. The maximum absolute atomic E-state index is 12.5. The van der Waals surface area contributed by atoms with Crippen molar-refractivity contribution in [1.29, 1.82) is 0 Å². The third-order valence-electron chi connectivity index (χ3n) is 15.3. The van der Waals surface area contributed by atoms with Crippen molar-refractivity contribution in [2.45, 2.75) is 194 Å². The number of rotatable bonds is 6. The summed E-state index contributed by atoms with van der Waals surface area (Å²) < 4.78 is 13.9. The Balaban J connectivity index is 1.38. The monoisotopic (exact) mass is 944 g/mol. The number of hydrogen-bond donors (Lipinski definition) is 4. The van der Waals surface area contributed by atoms with Gasteiger partial charge >= 0.3 is 0 Å². The summed E-state index contributed by atoms with van der Waals surface area (Å²) in [7, 11) is -1.91. The normalized spacial score (nSPS) is 18.4. The van der Waals surface area contributed by atoms with Gasteiger partial charge < -0.3 is 34.7 Å². The van der Waals surface area contributed by atoms with Crippen LogP contribution in [0.4, 0.5) is 0 Å². The van der Waals surface area contributed by atoms with Crippen LogP contribution in [-0.2, 0) is 51.8 Å². The predicted octanol–water partition coefficient (Wildman–Crippen LogP) is 12.9. The van der Waals surface area contributed by atoms with Gasteiger partial charge in [0, 0.05) is 38.8 Å². The zero-order chi connectivity index (χ0) is 50.1. The lowest BCUT2D eigenvalue weighted by Gasteiger charge is -2.41. The average Bonchev–Trinajstić information content (AvgIpc) is 3.21. The molecular weight excluding hydrogens is 859 g/mol. The summed E-state index contributed by atoms with van der Waals surface area (Å²) in [6.45, 7) is 41.0. The second-order valence-corrected chi connectivity index (χ2v) is 31.0. The largest absolute Gasteiger partial charge is 0.507 e. The molecule has 8 nitrogen and oxygen atoms in total. The number of nitrogens with one attached hydrogen (secondary N) is 1. The zero-order valence-electron chi connectivity index (χ0n) is 44.9. The van der Waals surface area contributed by atoms with E-state index in [9.17, 15) is 15.3 Å². The Bertz CT molecular complexity index is 2440. The smallest absolute Gasteiger partial charge is 0.194 e. The molecule has 7 rings (SSSR count). The van der Waals surface area contributed by atoms with Crippen molar-refractivity contribution >= 4 is 14.3 Å². The molecule has 2 atom stereocenters. The van der Waals surface area contributed by atoms with Gasteiger partial charge in [0.1, 0.15) is 29.6 Å². The van der Waals surface area contributed by atoms with Crippen LogP contribution in [0.2, 0.25) is 18.1 Å². The molecule has 4 N–H and O–H groups in total. The first-order chi connectivity index (χ1) is 31.3. The van der Waals surface area contributed by atoms with Crippen LogP contribution >= 0.6 is 0 Å². The predicted molar refractivity (Wildman–Crippen MR) is 284 cm³/mol. The summed E-state index contributed by atoms with van der Waals surface area (Å²) in [4.78, 5) is 7.60. The molecule has 1 saturated heterocycles. The lowest BCUT2D eigenvalue weighted by Crippen LogP contribution is -2.57. The lowest BCUT2D eigenvalue weighted by molar-refractivity contribution is 0.205. The Morgan fingerprint density at radius 3 is 1.22 bits per heavy atom. The third-order valence-corrected chi connectivity index (χ3v) is 19.8. The van der Waals surface area contributed by atoms with E-state index in [0.717, 1.165) is 104 Å². The minimum Gasteiger partial charge on any atom is -0.507 e.